The van der Waals surface area contributed by atoms with Gasteiger partial charge in [0.25, 0.3) is 5.91 Å². The van der Waals surface area contributed by atoms with Crippen molar-refractivity contribution < 1.29 is 14.6 Å². The minimum Gasteiger partial charge on any atom is -0.477 e. The van der Waals surface area contributed by atoms with Gasteiger partial charge in [0.2, 0.25) is 0 Å². The minimum atomic E-state index is -0.639. The van der Waals surface area contributed by atoms with Gasteiger partial charge in [-0.15, -0.1) is 0 Å². The summed E-state index contributed by atoms with van der Waals surface area (Å²) in [7, 11) is 0. The van der Waals surface area contributed by atoms with E-state index in [1.54, 1.807) is 6.20 Å². The van der Waals surface area contributed by atoms with E-state index >= 15 is 0 Å². The third kappa shape index (κ3) is 4.20. The first kappa shape index (κ1) is 21.5. The van der Waals surface area contributed by atoms with Crippen LogP contribution in [0, 0.1) is 11.8 Å². The van der Waals surface area contributed by atoms with Crippen LogP contribution in [0.25, 0.3) is 5.69 Å². The fraction of sp³-hybridized carbons (Fsp3) is 0.385. The molecule has 172 valence electrons. The summed E-state index contributed by atoms with van der Waals surface area (Å²) in [6, 6.07) is 18.0. The summed E-state index contributed by atoms with van der Waals surface area (Å²) in [5.74, 6) is 1.24. The predicted octanol–water partition coefficient (Wildman–Crippen LogP) is 3.16. The number of rotatable bonds is 7. The molecule has 7 heteroatoms. The van der Waals surface area contributed by atoms with Gasteiger partial charge < -0.3 is 20.1 Å². The van der Waals surface area contributed by atoms with Crippen LogP contribution < -0.4 is 15.0 Å². The molecule has 2 heterocycles. The van der Waals surface area contributed by atoms with Crippen molar-refractivity contribution in [1.29, 1.82) is 0 Å². The number of fused-ring (bicyclic) bond motifs is 1. The second-order valence-electron chi connectivity index (χ2n) is 9.43. The number of benzene rings is 2. The molecule has 7 nitrogen and oxygen atoms in total. The summed E-state index contributed by atoms with van der Waals surface area (Å²) >= 11 is 0. The van der Waals surface area contributed by atoms with Crippen LogP contribution in [0.1, 0.15) is 25.8 Å². The molecular weight excluding hydrogens is 416 g/mol. The highest BCUT2D eigenvalue weighted by Gasteiger charge is 2.56. The molecule has 3 atom stereocenters. The Hall–Kier alpha value is -3.32. The Balaban J connectivity index is 1.33. The Labute approximate surface area is 194 Å². The number of nitrogens with zero attached hydrogens (tertiary/aromatic N) is 3. The standard InChI is InChI=1S/C26H30N4O3/c1-18(2)21-14-26(21,17-31)28-25(32)24-16-29(22-6-3-4-7-23(22)33-24)15-19-8-10-20(11-9-19)30-13-5-12-27-30/h3-13,18,21,24,31H,14-17H2,1-2H3,(H,28,32)/t21?,24-,26?/m0/s1. The number of para-hydroxylation sites is 2. The normalized spacial score (nSPS) is 23.7. The van der Waals surface area contributed by atoms with Gasteiger partial charge in [-0.1, -0.05) is 38.1 Å². The molecule has 33 heavy (non-hydrogen) atoms. The van der Waals surface area contributed by atoms with E-state index in [1.807, 2.05) is 53.3 Å². The molecule has 0 saturated heterocycles. The molecule has 0 bridgehead atoms. The minimum absolute atomic E-state index is 0.0444. The molecule has 2 unspecified atom stereocenters. The number of aliphatic hydroxyl groups excluding tert-OH is 1. The fourth-order valence-electron chi connectivity index (χ4n) is 4.89. The van der Waals surface area contributed by atoms with Gasteiger partial charge in [-0.3, -0.25) is 4.79 Å². The van der Waals surface area contributed by atoms with Crippen molar-refractivity contribution in [3.05, 3.63) is 72.6 Å². The monoisotopic (exact) mass is 446 g/mol. The first-order valence-electron chi connectivity index (χ1n) is 11.5. The number of carbonyl (C=O) groups excluding carboxylic acids is 1. The van der Waals surface area contributed by atoms with E-state index in [9.17, 15) is 9.90 Å². The zero-order valence-corrected chi connectivity index (χ0v) is 19.0. The molecular formula is C26H30N4O3. The lowest BCUT2D eigenvalue weighted by atomic mass is 10.0. The van der Waals surface area contributed by atoms with Crippen molar-refractivity contribution in [2.24, 2.45) is 11.8 Å². The second kappa shape index (κ2) is 8.56. The summed E-state index contributed by atoms with van der Waals surface area (Å²) in [6.07, 6.45) is 3.84. The van der Waals surface area contributed by atoms with E-state index in [0.29, 0.717) is 30.7 Å². The maximum Gasteiger partial charge on any atom is 0.263 e. The van der Waals surface area contributed by atoms with Crippen molar-refractivity contribution in [2.75, 3.05) is 18.1 Å². The molecule has 3 aromatic rings. The first-order valence-corrected chi connectivity index (χ1v) is 11.5. The number of nitrogens with one attached hydrogen (secondary N) is 1. The zero-order chi connectivity index (χ0) is 23.0. The first-order chi connectivity index (χ1) is 16.0. The number of aromatic nitrogens is 2. The van der Waals surface area contributed by atoms with Crippen LogP contribution in [0.2, 0.25) is 0 Å². The van der Waals surface area contributed by atoms with Crippen LogP contribution >= 0.6 is 0 Å². The Morgan fingerprint density at radius 3 is 2.67 bits per heavy atom. The fourth-order valence-corrected chi connectivity index (χ4v) is 4.89. The number of ether oxygens (including phenoxy) is 1. The summed E-state index contributed by atoms with van der Waals surface area (Å²) in [4.78, 5) is 15.4. The lowest BCUT2D eigenvalue weighted by Gasteiger charge is -2.36. The second-order valence-corrected chi connectivity index (χ2v) is 9.43. The SMILES string of the molecule is CC(C)C1CC1(CO)NC(=O)[C@@H]1CN(Cc2ccc(-n3cccn3)cc2)c2ccccc2O1. The molecule has 1 aliphatic carbocycles. The Morgan fingerprint density at radius 2 is 2.00 bits per heavy atom. The summed E-state index contributed by atoms with van der Waals surface area (Å²) < 4.78 is 7.92. The van der Waals surface area contributed by atoms with Gasteiger partial charge >= 0.3 is 0 Å². The molecule has 1 aromatic heterocycles. The van der Waals surface area contributed by atoms with Gasteiger partial charge in [0, 0.05) is 18.9 Å². The van der Waals surface area contributed by atoms with Crippen molar-refractivity contribution >= 4 is 11.6 Å². The molecule has 2 aromatic carbocycles. The van der Waals surface area contributed by atoms with Gasteiger partial charge in [0.1, 0.15) is 5.75 Å². The average Bonchev–Trinajstić information content (AvgIpc) is 3.28. The maximum absolute atomic E-state index is 13.2. The van der Waals surface area contributed by atoms with Gasteiger partial charge in [-0.05, 0) is 54.2 Å². The van der Waals surface area contributed by atoms with Gasteiger partial charge in [0.05, 0.1) is 30.1 Å². The average molecular weight is 447 g/mol. The zero-order valence-electron chi connectivity index (χ0n) is 19.0. The van der Waals surface area contributed by atoms with E-state index in [0.717, 1.165) is 23.4 Å². The number of anilines is 1. The molecule has 1 saturated carbocycles. The highest BCUT2D eigenvalue weighted by Crippen LogP contribution is 2.48. The largest absolute Gasteiger partial charge is 0.477 e. The van der Waals surface area contributed by atoms with E-state index in [2.05, 4.69) is 41.3 Å². The van der Waals surface area contributed by atoms with E-state index in [4.69, 9.17) is 4.74 Å². The van der Waals surface area contributed by atoms with Crippen molar-refractivity contribution in [3.63, 3.8) is 0 Å². The lowest BCUT2D eigenvalue weighted by Crippen LogP contribution is -2.53. The van der Waals surface area contributed by atoms with Crippen LogP contribution in [-0.4, -0.2) is 45.6 Å². The van der Waals surface area contributed by atoms with Crippen LogP contribution in [0.3, 0.4) is 0 Å². The molecule has 2 aliphatic rings. The van der Waals surface area contributed by atoms with Gasteiger partial charge in [-0.25, -0.2) is 4.68 Å². The lowest BCUT2D eigenvalue weighted by molar-refractivity contribution is -0.129. The Kier molecular flexibility index (Phi) is 5.58. The quantitative estimate of drug-likeness (QED) is 0.583. The Morgan fingerprint density at radius 1 is 1.21 bits per heavy atom. The molecule has 1 amide bonds. The highest BCUT2D eigenvalue weighted by molar-refractivity contribution is 5.84. The van der Waals surface area contributed by atoms with Gasteiger partial charge in [0.15, 0.2) is 6.10 Å². The van der Waals surface area contributed by atoms with Crippen molar-refractivity contribution in [3.8, 4) is 11.4 Å². The van der Waals surface area contributed by atoms with Crippen molar-refractivity contribution in [1.82, 2.24) is 15.1 Å². The summed E-state index contributed by atoms with van der Waals surface area (Å²) in [5.41, 5.74) is 2.59. The molecule has 0 radical (unpaired) electrons. The smallest absolute Gasteiger partial charge is 0.263 e. The topological polar surface area (TPSA) is 79.6 Å². The predicted molar refractivity (Wildman–Crippen MR) is 126 cm³/mol. The van der Waals surface area contributed by atoms with Crippen molar-refractivity contribution in [2.45, 2.75) is 38.5 Å². The summed E-state index contributed by atoms with van der Waals surface area (Å²) in [5, 5.41) is 17.3. The molecule has 1 aliphatic heterocycles. The molecule has 1 fully saturated rings. The van der Waals surface area contributed by atoms with Crippen LogP contribution in [0.5, 0.6) is 5.75 Å². The van der Waals surface area contributed by atoms with Crippen LogP contribution in [0.4, 0.5) is 5.69 Å². The van der Waals surface area contributed by atoms with Crippen LogP contribution in [-0.2, 0) is 11.3 Å². The van der Waals surface area contributed by atoms with E-state index in [-0.39, 0.29) is 12.5 Å². The Bertz CT molecular complexity index is 1110. The number of carbonyl (C=O) groups is 1. The molecule has 2 N–H and O–H groups in total. The third-order valence-electron chi connectivity index (χ3n) is 6.83. The van der Waals surface area contributed by atoms with E-state index in [1.165, 1.54) is 0 Å². The third-order valence-corrected chi connectivity index (χ3v) is 6.83. The molecule has 5 rings (SSSR count). The van der Waals surface area contributed by atoms with E-state index < -0.39 is 11.6 Å². The highest BCUT2D eigenvalue weighted by atomic mass is 16.5. The number of hydrogen-bond acceptors (Lipinski definition) is 5. The number of aliphatic hydroxyl groups is 1. The van der Waals surface area contributed by atoms with Gasteiger partial charge in [-0.2, -0.15) is 5.10 Å². The number of hydrogen-bond donors (Lipinski definition) is 2. The van der Waals surface area contributed by atoms with Crippen LogP contribution in [0.15, 0.2) is 67.0 Å². The maximum atomic E-state index is 13.2. The number of amides is 1. The summed E-state index contributed by atoms with van der Waals surface area (Å²) in [6.45, 7) is 5.31. The molecule has 0 spiro atoms.